The third-order valence-corrected chi connectivity index (χ3v) is 7.65. The smallest absolute Gasteiger partial charge is 0.244 e. The van der Waals surface area contributed by atoms with Crippen molar-refractivity contribution in [2.75, 3.05) is 23.7 Å². The Morgan fingerprint density at radius 3 is 2.13 bits per heavy atom. The largest absolute Gasteiger partial charge is 0.354 e. The van der Waals surface area contributed by atoms with Gasteiger partial charge in [0.1, 0.15) is 12.6 Å². The molecule has 3 rings (SSSR count). The molecule has 0 bridgehead atoms. The molecule has 8 heteroatoms. The standard InChI is InChI=1S/C31H39N3O4S/c1-5-6-18-32-31(36)29(21-26-14-8-7-9-15-26)33(22-27-16-10-12-24(2)19-27)30(35)23-34(39(4,37)38)28-17-11-13-25(3)20-28/h7-17,19-20,29H,5-6,18,21-23H2,1-4H3,(H,32,36)/t29-/m0/s1. The van der Waals surface area contributed by atoms with E-state index in [0.717, 1.165) is 45.7 Å². The van der Waals surface area contributed by atoms with Crippen molar-refractivity contribution < 1.29 is 18.0 Å². The molecule has 208 valence electrons. The lowest BCUT2D eigenvalue weighted by Gasteiger charge is -2.33. The van der Waals surface area contributed by atoms with Crippen molar-refractivity contribution in [3.63, 3.8) is 0 Å². The van der Waals surface area contributed by atoms with Gasteiger partial charge >= 0.3 is 0 Å². The fourth-order valence-corrected chi connectivity index (χ4v) is 5.31. The van der Waals surface area contributed by atoms with Gasteiger partial charge in [-0.2, -0.15) is 0 Å². The maximum Gasteiger partial charge on any atom is 0.244 e. The number of carbonyl (C=O) groups is 2. The van der Waals surface area contributed by atoms with Gasteiger partial charge < -0.3 is 10.2 Å². The molecule has 0 aromatic heterocycles. The molecule has 0 unspecified atom stereocenters. The third-order valence-electron chi connectivity index (χ3n) is 6.50. The van der Waals surface area contributed by atoms with Crippen molar-refractivity contribution in [2.45, 2.75) is 52.6 Å². The zero-order chi connectivity index (χ0) is 28.4. The van der Waals surface area contributed by atoms with Crippen LogP contribution in [0.2, 0.25) is 0 Å². The van der Waals surface area contributed by atoms with E-state index in [1.54, 1.807) is 18.2 Å². The van der Waals surface area contributed by atoms with Crippen molar-refractivity contribution in [1.82, 2.24) is 10.2 Å². The van der Waals surface area contributed by atoms with Crippen molar-refractivity contribution in [3.8, 4) is 0 Å². The number of rotatable bonds is 13. The first-order valence-electron chi connectivity index (χ1n) is 13.3. The van der Waals surface area contributed by atoms with Crippen molar-refractivity contribution >= 4 is 27.5 Å². The van der Waals surface area contributed by atoms with Crippen LogP contribution in [0.25, 0.3) is 0 Å². The lowest BCUT2D eigenvalue weighted by molar-refractivity contribution is -0.140. The summed E-state index contributed by atoms with van der Waals surface area (Å²) in [6.45, 7) is 6.15. The molecule has 7 nitrogen and oxygen atoms in total. The average molecular weight is 550 g/mol. The van der Waals surface area contributed by atoms with Gasteiger partial charge in [0.15, 0.2) is 0 Å². The van der Waals surface area contributed by atoms with Crippen LogP contribution < -0.4 is 9.62 Å². The molecular formula is C31H39N3O4S. The molecule has 0 saturated carbocycles. The van der Waals surface area contributed by atoms with E-state index in [-0.39, 0.29) is 12.5 Å². The van der Waals surface area contributed by atoms with Crippen LogP contribution in [0.15, 0.2) is 78.9 Å². The summed E-state index contributed by atoms with van der Waals surface area (Å²) in [5.74, 6) is -0.704. The normalized spacial score (nSPS) is 12.0. The summed E-state index contributed by atoms with van der Waals surface area (Å²) in [6, 6.07) is 23.5. The Bertz CT molecular complexity index is 1360. The van der Waals surface area contributed by atoms with Gasteiger partial charge in [0, 0.05) is 19.5 Å². The Morgan fingerprint density at radius 1 is 0.872 bits per heavy atom. The minimum atomic E-state index is -3.78. The zero-order valence-corrected chi connectivity index (χ0v) is 24.1. The van der Waals surface area contributed by atoms with Crippen LogP contribution in [0.1, 0.15) is 42.0 Å². The lowest BCUT2D eigenvalue weighted by atomic mass is 10.0. The predicted octanol–water partition coefficient (Wildman–Crippen LogP) is 4.63. The summed E-state index contributed by atoms with van der Waals surface area (Å²) in [4.78, 5) is 29.2. The van der Waals surface area contributed by atoms with Crippen LogP contribution in [0.4, 0.5) is 5.69 Å². The number of carbonyl (C=O) groups excluding carboxylic acids is 2. The summed E-state index contributed by atoms with van der Waals surface area (Å²) < 4.78 is 26.8. The predicted molar refractivity (Wildman–Crippen MR) is 157 cm³/mol. The van der Waals surface area contributed by atoms with E-state index in [4.69, 9.17) is 0 Å². The number of nitrogens with zero attached hydrogens (tertiary/aromatic N) is 2. The molecule has 2 amide bonds. The van der Waals surface area contributed by atoms with Crippen LogP contribution in [0.3, 0.4) is 0 Å². The van der Waals surface area contributed by atoms with Crippen LogP contribution in [0, 0.1) is 13.8 Å². The van der Waals surface area contributed by atoms with Crippen molar-refractivity contribution in [3.05, 3.63) is 101 Å². The maximum absolute atomic E-state index is 14.1. The van der Waals surface area contributed by atoms with Gasteiger partial charge in [0.25, 0.3) is 0 Å². The van der Waals surface area contributed by atoms with Gasteiger partial charge in [0.2, 0.25) is 21.8 Å². The minimum absolute atomic E-state index is 0.171. The Hall–Kier alpha value is -3.65. The minimum Gasteiger partial charge on any atom is -0.354 e. The molecule has 0 saturated heterocycles. The molecule has 3 aromatic carbocycles. The maximum atomic E-state index is 14.1. The van der Waals surface area contributed by atoms with Gasteiger partial charge in [-0.05, 0) is 49.1 Å². The summed E-state index contributed by atoms with van der Waals surface area (Å²) in [6.07, 6.45) is 3.15. The number of hydrogen-bond acceptors (Lipinski definition) is 4. The number of aryl methyl sites for hydroxylation is 2. The third kappa shape index (κ3) is 8.96. The van der Waals surface area contributed by atoms with Gasteiger partial charge in [0.05, 0.1) is 11.9 Å². The van der Waals surface area contributed by atoms with Crippen molar-refractivity contribution in [2.24, 2.45) is 0 Å². The van der Waals surface area contributed by atoms with E-state index in [0.29, 0.717) is 18.7 Å². The number of unbranched alkanes of at least 4 members (excludes halogenated alkanes) is 1. The quantitative estimate of drug-likeness (QED) is 0.315. The molecule has 3 aromatic rings. The summed E-state index contributed by atoms with van der Waals surface area (Å²) in [5, 5.41) is 2.99. The molecule has 0 fully saturated rings. The summed E-state index contributed by atoms with van der Waals surface area (Å²) in [7, 11) is -3.78. The average Bonchev–Trinajstić information content (AvgIpc) is 2.89. The van der Waals surface area contributed by atoms with Crippen molar-refractivity contribution in [1.29, 1.82) is 0 Å². The van der Waals surface area contributed by atoms with E-state index in [2.05, 4.69) is 5.32 Å². The summed E-state index contributed by atoms with van der Waals surface area (Å²) in [5.41, 5.74) is 4.10. The fourth-order valence-electron chi connectivity index (χ4n) is 4.46. The SMILES string of the molecule is CCCCNC(=O)[C@H](Cc1ccccc1)N(Cc1cccc(C)c1)C(=O)CN(c1cccc(C)c1)S(C)(=O)=O. The number of hydrogen-bond donors (Lipinski definition) is 1. The Morgan fingerprint density at radius 2 is 1.51 bits per heavy atom. The van der Waals surface area contributed by atoms with Gasteiger partial charge in [-0.3, -0.25) is 13.9 Å². The van der Waals surface area contributed by atoms with E-state index < -0.39 is 28.5 Å². The molecule has 0 aliphatic carbocycles. The number of anilines is 1. The first-order chi connectivity index (χ1) is 18.6. The van der Waals surface area contributed by atoms with E-state index in [1.807, 2.05) is 81.4 Å². The second kappa shape index (κ2) is 13.9. The highest BCUT2D eigenvalue weighted by atomic mass is 32.2. The highest BCUT2D eigenvalue weighted by Crippen LogP contribution is 2.21. The zero-order valence-electron chi connectivity index (χ0n) is 23.3. The molecule has 39 heavy (non-hydrogen) atoms. The number of amides is 2. The molecule has 1 N–H and O–H groups in total. The van der Waals surface area contributed by atoms with Gasteiger partial charge in [-0.15, -0.1) is 0 Å². The molecule has 0 aliphatic heterocycles. The fraction of sp³-hybridized carbons (Fsp3) is 0.355. The molecule has 1 atom stereocenters. The van der Waals surface area contributed by atoms with Gasteiger partial charge in [-0.25, -0.2) is 8.42 Å². The van der Waals surface area contributed by atoms with Gasteiger partial charge in [-0.1, -0.05) is 85.6 Å². The number of sulfonamides is 1. The van der Waals surface area contributed by atoms with E-state index >= 15 is 0 Å². The van der Waals surface area contributed by atoms with Crippen LogP contribution in [-0.4, -0.2) is 50.5 Å². The van der Waals surface area contributed by atoms with Crippen LogP contribution in [0.5, 0.6) is 0 Å². The second-order valence-corrected chi connectivity index (χ2v) is 11.9. The number of benzene rings is 3. The molecular weight excluding hydrogens is 510 g/mol. The molecule has 0 spiro atoms. The van der Waals surface area contributed by atoms with Crippen LogP contribution in [-0.2, 0) is 32.6 Å². The Labute approximate surface area is 232 Å². The molecule has 0 aliphatic rings. The lowest BCUT2D eigenvalue weighted by Crippen LogP contribution is -2.53. The van der Waals surface area contributed by atoms with E-state index in [9.17, 15) is 18.0 Å². The topological polar surface area (TPSA) is 86.8 Å². The highest BCUT2D eigenvalue weighted by molar-refractivity contribution is 7.92. The first-order valence-corrected chi connectivity index (χ1v) is 15.1. The number of nitrogens with one attached hydrogen (secondary N) is 1. The van der Waals surface area contributed by atoms with Crippen LogP contribution >= 0.6 is 0 Å². The Balaban J connectivity index is 2.03. The molecule has 0 radical (unpaired) electrons. The van der Waals surface area contributed by atoms with E-state index in [1.165, 1.54) is 4.90 Å². The summed E-state index contributed by atoms with van der Waals surface area (Å²) >= 11 is 0. The Kier molecular flexibility index (Phi) is 10.7. The molecule has 0 heterocycles. The second-order valence-electron chi connectivity index (χ2n) is 9.97. The first kappa shape index (κ1) is 29.9. The monoisotopic (exact) mass is 549 g/mol. The highest BCUT2D eigenvalue weighted by Gasteiger charge is 2.33.